The van der Waals surface area contributed by atoms with Crippen molar-refractivity contribution < 1.29 is 9.47 Å². The summed E-state index contributed by atoms with van der Waals surface area (Å²) in [6.45, 7) is 3.78. The highest BCUT2D eigenvalue weighted by molar-refractivity contribution is 7.17. The molecule has 0 N–H and O–H groups in total. The van der Waals surface area contributed by atoms with Gasteiger partial charge in [0, 0.05) is 28.5 Å². The van der Waals surface area contributed by atoms with Crippen molar-refractivity contribution in [2.75, 3.05) is 13.2 Å². The maximum atomic E-state index is 6.12. The van der Waals surface area contributed by atoms with Crippen molar-refractivity contribution in [2.24, 2.45) is 0 Å². The third-order valence-electron chi connectivity index (χ3n) is 4.44. The molecule has 0 unspecified atom stereocenters. The summed E-state index contributed by atoms with van der Waals surface area (Å²) in [5, 5.41) is 3.59. The molecule has 0 spiro atoms. The molecular formula is C20H20O2S. The maximum Gasteiger partial charge on any atom is 0.120 e. The van der Waals surface area contributed by atoms with Crippen LogP contribution < -0.4 is 4.74 Å². The minimum atomic E-state index is 0.288. The van der Waals surface area contributed by atoms with Crippen molar-refractivity contribution in [3.8, 4) is 16.9 Å². The van der Waals surface area contributed by atoms with Gasteiger partial charge in [-0.15, -0.1) is 11.3 Å². The van der Waals surface area contributed by atoms with Gasteiger partial charge in [0.2, 0.25) is 0 Å². The molecule has 1 aromatic heterocycles. The average Bonchev–Trinajstić information content (AvgIpc) is 3.00. The molecule has 0 bridgehead atoms. The summed E-state index contributed by atoms with van der Waals surface area (Å²) in [5.74, 6) is 0.970. The molecule has 0 saturated carbocycles. The fourth-order valence-electron chi connectivity index (χ4n) is 3.18. The predicted molar refractivity (Wildman–Crippen MR) is 96.5 cm³/mol. The minimum Gasteiger partial charge on any atom is -0.490 e. The number of aryl methyl sites for hydroxylation is 1. The molecule has 3 aromatic rings. The molecule has 2 nitrogen and oxygen atoms in total. The van der Waals surface area contributed by atoms with E-state index in [9.17, 15) is 0 Å². The molecule has 2 heterocycles. The maximum absolute atomic E-state index is 6.12. The van der Waals surface area contributed by atoms with Crippen molar-refractivity contribution in [1.82, 2.24) is 0 Å². The van der Waals surface area contributed by atoms with E-state index in [-0.39, 0.29) is 6.10 Å². The van der Waals surface area contributed by atoms with Gasteiger partial charge in [-0.1, -0.05) is 24.3 Å². The van der Waals surface area contributed by atoms with Crippen LogP contribution in [0, 0.1) is 6.92 Å². The number of fused-ring (bicyclic) bond motifs is 1. The molecule has 0 aliphatic carbocycles. The summed E-state index contributed by atoms with van der Waals surface area (Å²) >= 11 is 1.81. The van der Waals surface area contributed by atoms with Gasteiger partial charge in [-0.25, -0.2) is 0 Å². The molecule has 4 rings (SSSR count). The standard InChI is InChI=1S/C20H20O2S/c1-14-12-16(22-15-8-10-21-11-9-15)6-7-17(14)19-13-23-20-5-3-2-4-18(19)20/h2-7,12-13,15H,8-11H2,1H3. The Kier molecular flexibility index (Phi) is 4.06. The van der Waals surface area contributed by atoms with Gasteiger partial charge >= 0.3 is 0 Å². The Morgan fingerprint density at radius 2 is 1.87 bits per heavy atom. The Balaban J connectivity index is 1.63. The summed E-state index contributed by atoms with van der Waals surface area (Å²) in [4.78, 5) is 0. The van der Waals surface area contributed by atoms with E-state index in [1.807, 2.05) is 0 Å². The Hall–Kier alpha value is -1.84. The first-order valence-electron chi connectivity index (χ1n) is 8.13. The molecule has 3 heteroatoms. The van der Waals surface area contributed by atoms with Crippen LogP contribution >= 0.6 is 11.3 Å². The van der Waals surface area contributed by atoms with E-state index in [4.69, 9.17) is 9.47 Å². The summed E-state index contributed by atoms with van der Waals surface area (Å²) in [5.41, 5.74) is 3.88. The topological polar surface area (TPSA) is 18.5 Å². The molecular weight excluding hydrogens is 304 g/mol. The second-order valence-corrected chi connectivity index (χ2v) is 6.96. The zero-order valence-electron chi connectivity index (χ0n) is 13.2. The van der Waals surface area contributed by atoms with Crippen molar-refractivity contribution in [3.05, 3.63) is 53.4 Å². The van der Waals surface area contributed by atoms with Gasteiger partial charge in [-0.2, -0.15) is 0 Å². The minimum absolute atomic E-state index is 0.288. The van der Waals surface area contributed by atoms with Crippen LogP contribution in [0.1, 0.15) is 18.4 Å². The lowest BCUT2D eigenvalue weighted by atomic mass is 10.00. The second-order valence-electron chi connectivity index (χ2n) is 6.05. The van der Waals surface area contributed by atoms with Crippen LogP contribution in [0.3, 0.4) is 0 Å². The van der Waals surface area contributed by atoms with E-state index in [1.54, 1.807) is 11.3 Å². The number of benzene rings is 2. The summed E-state index contributed by atoms with van der Waals surface area (Å²) in [6, 6.07) is 15.0. The number of hydrogen-bond acceptors (Lipinski definition) is 3. The van der Waals surface area contributed by atoms with E-state index in [2.05, 4.69) is 54.8 Å². The second kappa shape index (κ2) is 6.34. The molecule has 1 aliphatic heterocycles. The molecule has 0 amide bonds. The molecule has 2 aromatic carbocycles. The van der Waals surface area contributed by atoms with Crippen LogP contribution in [0.4, 0.5) is 0 Å². The van der Waals surface area contributed by atoms with Crippen molar-refractivity contribution in [3.63, 3.8) is 0 Å². The number of hydrogen-bond donors (Lipinski definition) is 0. The Morgan fingerprint density at radius 3 is 2.70 bits per heavy atom. The van der Waals surface area contributed by atoms with Gasteiger partial charge < -0.3 is 9.47 Å². The first-order chi connectivity index (χ1) is 11.3. The van der Waals surface area contributed by atoms with Gasteiger partial charge in [0.05, 0.1) is 13.2 Å². The molecule has 1 aliphatic rings. The van der Waals surface area contributed by atoms with Crippen LogP contribution in [0.25, 0.3) is 21.2 Å². The molecule has 1 fully saturated rings. The van der Waals surface area contributed by atoms with E-state index in [0.29, 0.717) is 0 Å². The van der Waals surface area contributed by atoms with Gasteiger partial charge in [0.15, 0.2) is 0 Å². The van der Waals surface area contributed by atoms with Gasteiger partial charge in [-0.3, -0.25) is 0 Å². The number of ether oxygens (including phenoxy) is 2. The highest BCUT2D eigenvalue weighted by atomic mass is 32.1. The van der Waals surface area contributed by atoms with E-state index in [0.717, 1.165) is 31.8 Å². The quantitative estimate of drug-likeness (QED) is 0.639. The van der Waals surface area contributed by atoms with Crippen LogP contribution in [0.15, 0.2) is 47.8 Å². The Morgan fingerprint density at radius 1 is 1.04 bits per heavy atom. The largest absolute Gasteiger partial charge is 0.490 e. The van der Waals surface area contributed by atoms with Crippen LogP contribution in [0.2, 0.25) is 0 Å². The summed E-state index contributed by atoms with van der Waals surface area (Å²) in [6.07, 6.45) is 2.25. The fourth-order valence-corrected chi connectivity index (χ4v) is 4.15. The highest BCUT2D eigenvalue weighted by Crippen LogP contribution is 2.36. The lowest BCUT2D eigenvalue weighted by Crippen LogP contribution is -2.25. The van der Waals surface area contributed by atoms with Crippen molar-refractivity contribution in [1.29, 1.82) is 0 Å². The fraction of sp³-hybridized carbons (Fsp3) is 0.300. The monoisotopic (exact) mass is 324 g/mol. The normalized spacial score (nSPS) is 15.9. The predicted octanol–water partition coefficient (Wildman–Crippen LogP) is 5.43. The third kappa shape index (κ3) is 2.99. The Labute approximate surface area is 140 Å². The van der Waals surface area contributed by atoms with Crippen LogP contribution in [-0.2, 0) is 4.74 Å². The smallest absolute Gasteiger partial charge is 0.120 e. The first kappa shape index (κ1) is 14.7. The lowest BCUT2D eigenvalue weighted by molar-refractivity contribution is 0.0255. The molecule has 0 atom stereocenters. The van der Waals surface area contributed by atoms with Crippen molar-refractivity contribution in [2.45, 2.75) is 25.9 Å². The van der Waals surface area contributed by atoms with Crippen molar-refractivity contribution >= 4 is 21.4 Å². The Bertz CT molecular complexity index is 815. The van der Waals surface area contributed by atoms with E-state index >= 15 is 0 Å². The molecule has 23 heavy (non-hydrogen) atoms. The SMILES string of the molecule is Cc1cc(OC2CCOCC2)ccc1-c1csc2ccccc12. The number of thiophene rings is 1. The van der Waals surface area contributed by atoms with E-state index in [1.165, 1.54) is 26.8 Å². The van der Waals surface area contributed by atoms with Crippen LogP contribution in [0.5, 0.6) is 5.75 Å². The lowest BCUT2D eigenvalue weighted by Gasteiger charge is -2.23. The average molecular weight is 324 g/mol. The zero-order valence-corrected chi connectivity index (χ0v) is 14.1. The molecule has 118 valence electrons. The molecule has 1 saturated heterocycles. The first-order valence-corrected chi connectivity index (χ1v) is 9.01. The van der Waals surface area contributed by atoms with E-state index < -0.39 is 0 Å². The van der Waals surface area contributed by atoms with Gasteiger partial charge in [0.1, 0.15) is 11.9 Å². The third-order valence-corrected chi connectivity index (χ3v) is 5.40. The highest BCUT2D eigenvalue weighted by Gasteiger charge is 2.16. The molecule has 0 radical (unpaired) electrons. The van der Waals surface area contributed by atoms with Gasteiger partial charge in [0.25, 0.3) is 0 Å². The summed E-state index contributed by atoms with van der Waals surface area (Å²) in [7, 11) is 0. The van der Waals surface area contributed by atoms with Crippen LogP contribution in [-0.4, -0.2) is 19.3 Å². The zero-order chi connectivity index (χ0) is 15.6. The van der Waals surface area contributed by atoms with Gasteiger partial charge in [-0.05, 0) is 41.6 Å². The number of rotatable bonds is 3. The summed E-state index contributed by atoms with van der Waals surface area (Å²) < 4.78 is 12.8.